The first-order valence-electron chi connectivity index (χ1n) is 30.3. The summed E-state index contributed by atoms with van der Waals surface area (Å²) in [4.78, 5) is 4.22. The van der Waals surface area contributed by atoms with Crippen LogP contribution in [0.15, 0.2) is 0 Å². The zero-order chi connectivity index (χ0) is 58.2. The van der Waals surface area contributed by atoms with E-state index in [-0.39, 0.29) is 19.8 Å². The summed E-state index contributed by atoms with van der Waals surface area (Å²) in [5, 5.41) is 0. The largest absolute Gasteiger partial charge is 0.424 e. The van der Waals surface area contributed by atoms with Crippen molar-refractivity contribution in [1.82, 2.24) is 0 Å². The molecule has 0 spiro atoms. The summed E-state index contributed by atoms with van der Waals surface area (Å²) in [6.07, 6.45) is 22.1. The van der Waals surface area contributed by atoms with Crippen LogP contribution in [0.5, 0.6) is 0 Å². The van der Waals surface area contributed by atoms with Gasteiger partial charge in [0.05, 0.1) is 244 Å². The molecule has 0 aliphatic carbocycles. The van der Waals surface area contributed by atoms with Crippen molar-refractivity contribution in [3.8, 4) is 0 Å². The Labute approximate surface area is 488 Å². The fourth-order valence-electron chi connectivity index (χ4n) is 7.00. The fraction of sp³-hybridized carbons (Fsp3) is 1.00. The lowest BCUT2D eigenvalue weighted by atomic mass is 10.0. The van der Waals surface area contributed by atoms with Crippen LogP contribution < -0.4 is 0 Å². The Bertz CT molecular complexity index is 1240. The number of rotatable bonds is 76. The van der Waals surface area contributed by atoms with Gasteiger partial charge in [0.1, 0.15) is 6.61 Å². The third kappa shape index (κ3) is 79.1. The Morgan fingerprint density at radius 2 is 0.333 bits per heavy atom. The molecule has 0 aliphatic rings. The van der Waals surface area contributed by atoms with E-state index in [2.05, 4.69) is 16.1 Å². The predicted molar refractivity (Wildman–Crippen MR) is 304 cm³/mol. The zero-order valence-corrected chi connectivity index (χ0v) is 51.0. The molecule has 1 N–H and O–H groups in total. The van der Waals surface area contributed by atoms with Crippen molar-refractivity contribution in [2.75, 3.05) is 258 Å². The third-order valence-corrected chi connectivity index (χ3v) is 11.6. The van der Waals surface area contributed by atoms with E-state index in [0.29, 0.717) is 231 Å². The van der Waals surface area contributed by atoms with Crippen LogP contribution in [0.3, 0.4) is 0 Å². The molecule has 0 bridgehead atoms. The minimum atomic E-state index is -4.62. The molecule has 0 unspecified atom stereocenters. The fourth-order valence-corrected chi connectivity index (χ4v) is 7.19. The van der Waals surface area contributed by atoms with Crippen molar-refractivity contribution < 1.29 is 112 Å². The molecule has 0 saturated carbocycles. The van der Waals surface area contributed by atoms with Gasteiger partial charge in [-0.1, -0.05) is 108 Å². The molecule has 0 aromatic heterocycles. The van der Waals surface area contributed by atoms with Gasteiger partial charge in [-0.25, -0.2) is 4.89 Å². The van der Waals surface area contributed by atoms with Crippen molar-refractivity contribution in [1.29, 1.82) is 0 Å². The van der Waals surface area contributed by atoms with E-state index in [1.165, 1.54) is 96.3 Å². The molecule has 81 heavy (non-hydrogen) atoms. The highest BCUT2D eigenvalue weighted by Crippen LogP contribution is 2.14. The van der Waals surface area contributed by atoms with E-state index >= 15 is 0 Å². The quantitative estimate of drug-likeness (QED) is 0.0303. The van der Waals surface area contributed by atoms with Gasteiger partial charge in [-0.05, 0) is 6.42 Å². The van der Waals surface area contributed by atoms with E-state index < -0.39 is 10.4 Å². The summed E-state index contributed by atoms with van der Waals surface area (Å²) in [5.41, 5.74) is 0. The van der Waals surface area contributed by atoms with E-state index in [0.717, 1.165) is 13.0 Å². The van der Waals surface area contributed by atoms with Crippen LogP contribution in [0.25, 0.3) is 0 Å². The Hall–Kier alpha value is -0.930. The molecule has 0 radical (unpaired) electrons. The molecule has 0 aromatic rings. The first kappa shape index (κ1) is 80.1. The molecular formula is C56H114O24S. The Morgan fingerprint density at radius 1 is 0.198 bits per heavy atom. The number of hydrogen-bond acceptors (Lipinski definition) is 23. The number of hydrogen-bond donors (Lipinski definition) is 1. The Kier molecular flexibility index (Phi) is 72.5. The van der Waals surface area contributed by atoms with Crippen LogP contribution in [0.1, 0.15) is 110 Å². The van der Waals surface area contributed by atoms with Crippen LogP contribution in [0.2, 0.25) is 0 Å². The van der Waals surface area contributed by atoms with Gasteiger partial charge >= 0.3 is 10.4 Å². The molecule has 0 rings (SSSR count). The van der Waals surface area contributed by atoms with Gasteiger partial charge in [0, 0.05) is 6.61 Å². The summed E-state index contributed by atoms with van der Waals surface area (Å²) in [6, 6.07) is 0. The molecule has 0 saturated heterocycles. The lowest BCUT2D eigenvalue weighted by Gasteiger charge is -2.09. The third-order valence-electron chi connectivity index (χ3n) is 11.3. The second-order valence-electron chi connectivity index (χ2n) is 18.3. The van der Waals surface area contributed by atoms with Crippen LogP contribution in [-0.2, 0) is 110 Å². The number of unbranched alkanes of at least 4 members (excludes halogenated alkanes) is 15. The van der Waals surface area contributed by atoms with E-state index in [1.54, 1.807) is 0 Å². The monoisotopic (exact) mass is 1200 g/mol. The van der Waals surface area contributed by atoms with Gasteiger partial charge in [0.25, 0.3) is 0 Å². The average molecular weight is 1200 g/mol. The maximum absolute atomic E-state index is 10.3. The van der Waals surface area contributed by atoms with Crippen LogP contribution in [-0.4, -0.2) is 271 Å². The van der Waals surface area contributed by atoms with Crippen LogP contribution >= 0.6 is 0 Å². The summed E-state index contributed by atoms with van der Waals surface area (Å²) in [7, 11) is -4.62. The molecule has 0 amide bonds. The van der Waals surface area contributed by atoms with Gasteiger partial charge in [0.2, 0.25) is 0 Å². The molecule has 0 aromatic carbocycles. The van der Waals surface area contributed by atoms with Gasteiger partial charge in [0.15, 0.2) is 0 Å². The van der Waals surface area contributed by atoms with Gasteiger partial charge < -0.3 is 90.0 Å². The second kappa shape index (κ2) is 73.3. The van der Waals surface area contributed by atoms with E-state index in [1.807, 2.05) is 0 Å². The molecule has 0 atom stereocenters. The minimum absolute atomic E-state index is 0.0762. The standard InChI is InChI=1S/C56H114O24S/c1-2-3-4-5-6-7-8-9-10-11-12-13-14-15-16-17-18-60-19-20-61-21-22-62-23-24-63-25-26-64-27-28-65-29-30-66-31-32-67-33-34-68-35-36-69-37-38-70-39-40-71-41-42-72-43-44-73-45-46-74-47-48-75-49-50-76-51-52-77-53-54-78-55-56-79-80-81(57,58)59/h2-56H2,1H3,(H,57,58,59). The normalized spacial score (nSPS) is 12.0. The van der Waals surface area contributed by atoms with Crippen molar-refractivity contribution >= 4 is 10.4 Å². The van der Waals surface area contributed by atoms with Gasteiger partial charge in [-0.2, -0.15) is 8.42 Å². The molecule has 24 nitrogen and oxygen atoms in total. The molecular weight excluding hydrogens is 1090 g/mol. The SMILES string of the molecule is CCCCCCCCCCCCCCCCCCOCCOCCOCCOCCOCCOCCOCCOCCOCCOCCOCCOCCOCCOCCOCCOCCOCCOCCOCCOOS(=O)(=O)O. The smallest absolute Gasteiger partial charge is 0.379 e. The molecule has 25 heteroatoms. The van der Waals surface area contributed by atoms with Crippen molar-refractivity contribution in [2.45, 2.75) is 110 Å². The summed E-state index contributed by atoms with van der Waals surface area (Å²) in [5.74, 6) is 0. The van der Waals surface area contributed by atoms with Gasteiger partial charge in [-0.15, -0.1) is 0 Å². The Morgan fingerprint density at radius 3 is 0.494 bits per heavy atom. The predicted octanol–water partition coefficient (Wildman–Crippen LogP) is 6.31. The first-order chi connectivity index (χ1) is 40.1. The highest BCUT2D eigenvalue weighted by Gasteiger charge is 2.05. The lowest BCUT2D eigenvalue weighted by molar-refractivity contribution is -0.216. The van der Waals surface area contributed by atoms with Crippen LogP contribution in [0.4, 0.5) is 0 Å². The lowest BCUT2D eigenvalue weighted by Crippen LogP contribution is -2.16. The topological polar surface area (TPSA) is 248 Å². The molecule has 488 valence electrons. The van der Waals surface area contributed by atoms with Crippen molar-refractivity contribution in [3.05, 3.63) is 0 Å². The Balaban J connectivity index is 3.09. The maximum Gasteiger partial charge on any atom is 0.424 e. The summed E-state index contributed by atoms with van der Waals surface area (Å²) in [6.45, 7) is 20.3. The summed E-state index contributed by atoms with van der Waals surface area (Å²) < 4.78 is 137. The first-order valence-corrected chi connectivity index (χ1v) is 31.7. The van der Waals surface area contributed by atoms with Crippen molar-refractivity contribution in [3.63, 3.8) is 0 Å². The number of ether oxygens (including phenoxy) is 19. The highest BCUT2D eigenvalue weighted by atomic mass is 32.3. The average Bonchev–Trinajstić information content (AvgIpc) is 3.45. The molecule has 0 heterocycles. The van der Waals surface area contributed by atoms with E-state index in [9.17, 15) is 8.42 Å². The zero-order valence-electron chi connectivity index (χ0n) is 50.1. The second-order valence-corrected chi connectivity index (χ2v) is 19.2. The molecule has 0 aliphatic heterocycles. The van der Waals surface area contributed by atoms with Gasteiger partial charge in [-0.3, -0.25) is 4.55 Å². The highest BCUT2D eigenvalue weighted by molar-refractivity contribution is 7.80. The molecule has 0 fully saturated rings. The van der Waals surface area contributed by atoms with E-state index in [4.69, 9.17) is 94.6 Å². The van der Waals surface area contributed by atoms with Crippen LogP contribution in [0, 0.1) is 0 Å². The summed E-state index contributed by atoms with van der Waals surface area (Å²) >= 11 is 0. The minimum Gasteiger partial charge on any atom is -0.379 e. The van der Waals surface area contributed by atoms with Crippen molar-refractivity contribution in [2.24, 2.45) is 0 Å². The maximum atomic E-state index is 10.3.